The Bertz CT molecular complexity index is 1010. The van der Waals surface area contributed by atoms with Crippen LogP contribution in [0.4, 0.5) is 5.69 Å². The lowest BCUT2D eigenvalue weighted by Gasteiger charge is -2.29. The first-order chi connectivity index (χ1) is 17.2. The molecule has 11 nitrogen and oxygen atoms in total. The lowest BCUT2D eigenvalue weighted by molar-refractivity contribution is -0.141. The molecule has 5 amide bonds. The van der Waals surface area contributed by atoms with Gasteiger partial charge in [0.2, 0.25) is 29.5 Å². The Labute approximate surface area is 210 Å². The van der Waals surface area contributed by atoms with E-state index in [0.29, 0.717) is 25.1 Å². The second-order valence-corrected chi connectivity index (χ2v) is 8.32. The topological polar surface area (TPSA) is 149 Å². The van der Waals surface area contributed by atoms with Gasteiger partial charge in [0.15, 0.2) is 0 Å². The maximum Gasteiger partial charge on any atom is 0.247 e. The Morgan fingerprint density at radius 2 is 1.83 bits per heavy atom. The molecule has 0 aliphatic carbocycles. The van der Waals surface area contributed by atoms with Crippen molar-refractivity contribution in [1.29, 1.82) is 0 Å². The van der Waals surface area contributed by atoms with Crippen LogP contribution < -0.4 is 26.6 Å². The number of carbonyl (C=O) groups excluding carboxylic acids is 5. The Balaban J connectivity index is 2.07. The fourth-order valence-corrected chi connectivity index (χ4v) is 3.67. The van der Waals surface area contributed by atoms with Gasteiger partial charge < -0.3 is 31.5 Å². The van der Waals surface area contributed by atoms with Crippen LogP contribution in [0.1, 0.15) is 25.3 Å². The highest BCUT2D eigenvalue weighted by Crippen LogP contribution is 2.19. The molecule has 2 rings (SSSR count). The SMILES string of the molecule is C=CC(=O)NC[C@H](NC(=O)[C@H](C)NC)C(=O)N1CCC[C@H]1C(=O)NCc1cccc(NC(=O)C=C)c1. The number of nitrogens with one attached hydrogen (secondary N) is 5. The number of amides is 5. The molecular weight excluding hydrogens is 464 g/mol. The van der Waals surface area contributed by atoms with Gasteiger partial charge in [0, 0.05) is 25.3 Å². The number of anilines is 1. The third-order valence-electron chi connectivity index (χ3n) is 5.79. The minimum atomic E-state index is -1.05. The lowest BCUT2D eigenvalue weighted by Crippen LogP contribution is -2.58. The van der Waals surface area contributed by atoms with Gasteiger partial charge in [-0.25, -0.2) is 0 Å². The molecule has 5 N–H and O–H groups in total. The van der Waals surface area contributed by atoms with Crippen LogP contribution in [0.3, 0.4) is 0 Å². The molecule has 0 saturated carbocycles. The van der Waals surface area contributed by atoms with Gasteiger partial charge in [0.05, 0.1) is 6.04 Å². The van der Waals surface area contributed by atoms with Gasteiger partial charge in [0.1, 0.15) is 12.1 Å². The number of likely N-dealkylation sites (tertiary alicyclic amines) is 1. The van der Waals surface area contributed by atoms with Gasteiger partial charge in [-0.05, 0) is 56.7 Å². The van der Waals surface area contributed by atoms with Crippen molar-refractivity contribution < 1.29 is 24.0 Å². The summed E-state index contributed by atoms with van der Waals surface area (Å²) >= 11 is 0. The van der Waals surface area contributed by atoms with Crippen molar-refractivity contribution in [2.24, 2.45) is 0 Å². The number of likely N-dealkylation sites (N-methyl/N-ethyl adjacent to an activating group) is 1. The lowest BCUT2D eigenvalue weighted by atomic mass is 10.1. The maximum absolute atomic E-state index is 13.3. The van der Waals surface area contributed by atoms with Crippen LogP contribution in [-0.2, 0) is 30.5 Å². The van der Waals surface area contributed by atoms with Crippen LogP contribution in [0, 0.1) is 0 Å². The molecule has 1 heterocycles. The minimum absolute atomic E-state index is 0.139. The van der Waals surface area contributed by atoms with Crippen molar-refractivity contribution in [2.75, 3.05) is 25.5 Å². The highest BCUT2D eigenvalue weighted by Gasteiger charge is 2.38. The molecule has 0 spiro atoms. The summed E-state index contributed by atoms with van der Waals surface area (Å²) in [5.41, 5.74) is 1.33. The molecule has 194 valence electrons. The molecule has 0 aromatic heterocycles. The van der Waals surface area contributed by atoms with Crippen LogP contribution in [-0.4, -0.2) is 72.7 Å². The third-order valence-corrected chi connectivity index (χ3v) is 5.79. The largest absolute Gasteiger partial charge is 0.350 e. The van der Waals surface area contributed by atoms with E-state index < -0.39 is 35.8 Å². The van der Waals surface area contributed by atoms with E-state index in [0.717, 1.165) is 17.7 Å². The number of nitrogens with zero attached hydrogens (tertiary/aromatic N) is 1. The Morgan fingerprint density at radius 1 is 1.11 bits per heavy atom. The monoisotopic (exact) mass is 498 g/mol. The van der Waals surface area contributed by atoms with E-state index >= 15 is 0 Å². The highest BCUT2D eigenvalue weighted by molar-refractivity contribution is 5.99. The molecule has 11 heteroatoms. The molecule has 1 aliphatic rings. The summed E-state index contributed by atoms with van der Waals surface area (Å²) < 4.78 is 0. The van der Waals surface area contributed by atoms with Crippen molar-refractivity contribution in [3.63, 3.8) is 0 Å². The second kappa shape index (κ2) is 13.8. The normalized spacial score (nSPS) is 16.3. The van der Waals surface area contributed by atoms with Crippen molar-refractivity contribution >= 4 is 35.2 Å². The third kappa shape index (κ3) is 8.05. The quantitative estimate of drug-likeness (QED) is 0.252. The molecule has 3 atom stereocenters. The smallest absolute Gasteiger partial charge is 0.247 e. The Kier molecular flexibility index (Phi) is 10.8. The van der Waals surface area contributed by atoms with Crippen LogP contribution >= 0.6 is 0 Å². The van der Waals surface area contributed by atoms with Gasteiger partial charge in [-0.2, -0.15) is 0 Å². The minimum Gasteiger partial charge on any atom is -0.350 e. The number of hydrogen-bond acceptors (Lipinski definition) is 6. The first-order valence-corrected chi connectivity index (χ1v) is 11.7. The van der Waals surface area contributed by atoms with Crippen LogP contribution in [0.25, 0.3) is 0 Å². The molecule has 1 aliphatic heterocycles. The number of hydrogen-bond donors (Lipinski definition) is 5. The number of carbonyl (C=O) groups is 5. The van der Waals surface area contributed by atoms with Gasteiger partial charge >= 0.3 is 0 Å². The second-order valence-electron chi connectivity index (χ2n) is 8.32. The average Bonchev–Trinajstić information content (AvgIpc) is 3.38. The summed E-state index contributed by atoms with van der Waals surface area (Å²) in [4.78, 5) is 63.4. The van der Waals surface area contributed by atoms with Gasteiger partial charge in [-0.15, -0.1) is 0 Å². The van der Waals surface area contributed by atoms with Crippen LogP contribution in [0.15, 0.2) is 49.6 Å². The van der Waals surface area contributed by atoms with E-state index in [-0.39, 0.29) is 24.9 Å². The number of benzene rings is 1. The van der Waals surface area contributed by atoms with E-state index in [9.17, 15) is 24.0 Å². The predicted molar refractivity (Wildman–Crippen MR) is 136 cm³/mol. The molecular formula is C25H34N6O5. The maximum atomic E-state index is 13.3. The van der Waals surface area contributed by atoms with Crippen molar-refractivity contribution in [2.45, 2.75) is 44.4 Å². The van der Waals surface area contributed by atoms with Crippen LogP contribution in [0.2, 0.25) is 0 Å². The molecule has 1 saturated heterocycles. The Morgan fingerprint density at radius 3 is 2.50 bits per heavy atom. The standard InChI is InChI=1S/C25H34N6O5/c1-5-21(32)27-15-19(30-23(34)16(3)26-4)25(36)31-12-8-11-20(31)24(35)28-14-17-9-7-10-18(13-17)29-22(33)6-2/h5-7,9-10,13,16,19-20,26H,1-2,8,11-12,14-15H2,3-4H3,(H,27,32)(H,28,35)(H,29,33)(H,30,34)/t16-,19-,20-/m0/s1. The zero-order chi connectivity index (χ0) is 26.7. The van der Waals surface area contributed by atoms with Gasteiger partial charge in [-0.3, -0.25) is 24.0 Å². The summed E-state index contributed by atoms with van der Waals surface area (Å²) in [5, 5.41) is 13.5. The first kappa shape index (κ1) is 28.2. The van der Waals surface area contributed by atoms with Crippen molar-refractivity contribution in [3.8, 4) is 0 Å². The predicted octanol–water partition coefficient (Wildman–Crippen LogP) is -0.187. The summed E-state index contributed by atoms with van der Waals surface area (Å²) in [6.45, 7) is 8.85. The molecule has 1 fully saturated rings. The molecule has 0 unspecified atom stereocenters. The summed E-state index contributed by atoms with van der Waals surface area (Å²) in [7, 11) is 1.62. The van der Waals surface area contributed by atoms with Gasteiger partial charge in [0.25, 0.3) is 0 Å². The summed E-state index contributed by atoms with van der Waals surface area (Å²) in [5.74, 6) is -2.02. The van der Waals surface area contributed by atoms with E-state index in [1.807, 2.05) is 0 Å². The number of rotatable bonds is 12. The van der Waals surface area contributed by atoms with Crippen molar-refractivity contribution in [1.82, 2.24) is 26.2 Å². The fourth-order valence-electron chi connectivity index (χ4n) is 3.67. The highest BCUT2D eigenvalue weighted by atomic mass is 16.2. The molecule has 36 heavy (non-hydrogen) atoms. The zero-order valence-electron chi connectivity index (χ0n) is 20.6. The molecule has 1 aromatic rings. The van der Waals surface area contributed by atoms with Gasteiger partial charge in [-0.1, -0.05) is 25.3 Å². The molecule has 1 aromatic carbocycles. The zero-order valence-corrected chi connectivity index (χ0v) is 20.6. The van der Waals surface area contributed by atoms with E-state index in [1.54, 1.807) is 38.2 Å². The molecule has 0 bridgehead atoms. The first-order valence-electron chi connectivity index (χ1n) is 11.7. The molecule has 0 radical (unpaired) electrons. The van der Waals surface area contributed by atoms with Crippen LogP contribution in [0.5, 0.6) is 0 Å². The summed E-state index contributed by atoms with van der Waals surface area (Å²) in [6, 6.07) is 4.70. The fraction of sp³-hybridized carbons (Fsp3) is 0.400. The van der Waals surface area contributed by atoms with Crippen molar-refractivity contribution in [3.05, 3.63) is 55.1 Å². The van der Waals surface area contributed by atoms with E-state index in [1.165, 1.54) is 4.90 Å². The Hall–Kier alpha value is -3.99. The summed E-state index contributed by atoms with van der Waals surface area (Å²) in [6.07, 6.45) is 3.33. The van der Waals surface area contributed by atoms with E-state index in [2.05, 4.69) is 39.7 Å². The average molecular weight is 499 g/mol. The van der Waals surface area contributed by atoms with E-state index in [4.69, 9.17) is 0 Å².